The van der Waals surface area contributed by atoms with Gasteiger partial charge in [-0.25, -0.2) is 0 Å². The van der Waals surface area contributed by atoms with Crippen LogP contribution in [-0.2, 0) is 4.79 Å². The van der Waals surface area contributed by atoms with E-state index in [1.165, 1.54) is 0 Å². The second-order valence-electron chi connectivity index (χ2n) is 6.67. The highest BCUT2D eigenvalue weighted by atomic mass is 16.5. The van der Waals surface area contributed by atoms with Crippen molar-refractivity contribution in [2.75, 3.05) is 5.32 Å². The third-order valence-corrected chi connectivity index (χ3v) is 4.67. The van der Waals surface area contributed by atoms with E-state index in [2.05, 4.69) is 11.4 Å². The molecule has 0 saturated carbocycles. The molecule has 0 bridgehead atoms. The third kappa shape index (κ3) is 3.89. The topological polar surface area (TPSA) is 38.3 Å². The standard InChI is InChI=1S/C25H21NO2/c1-18(28-22-16-15-19-9-5-6-12-21(19)17-22)25(27)26-24-14-8-7-13-23(24)20-10-3-2-4-11-20/h2-18H,1H3,(H,26,27). The van der Waals surface area contributed by atoms with E-state index in [-0.39, 0.29) is 5.91 Å². The largest absolute Gasteiger partial charge is 0.481 e. The summed E-state index contributed by atoms with van der Waals surface area (Å²) in [6, 6.07) is 31.7. The zero-order chi connectivity index (χ0) is 19.3. The molecule has 3 heteroatoms. The van der Waals surface area contributed by atoms with Crippen LogP contribution >= 0.6 is 0 Å². The van der Waals surface area contributed by atoms with Gasteiger partial charge >= 0.3 is 0 Å². The van der Waals surface area contributed by atoms with Crippen molar-refractivity contribution in [1.29, 1.82) is 0 Å². The Morgan fingerprint density at radius 2 is 1.46 bits per heavy atom. The lowest BCUT2D eigenvalue weighted by atomic mass is 10.0. The molecule has 0 aliphatic rings. The fourth-order valence-electron chi connectivity index (χ4n) is 3.19. The molecule has 4 aromatic rings. The highest BCUT2D eigenvalue weighted by Crippen LogP contribution is 2.28. The summed E-state index contributed by atoms with van der Waals surface area (Å²) in [5, 5.41) is 5.23. The number of fused-ring (bicyclic) bond motifs is 1. The van der Waals surface area contributed by atoms with Gasteiger partial charge in [0.25, 0.3) is 5.91 Å². The van der Waals surface area contributed by atoms with Gasteiger partial charge in [-0.1, -0.05) is 78.9 Å². The summed E-state index contributed by atoms with van der Waals surface area (Å²) in [7, 11) is 0. The van der Waals surface area contributed by atoms with Crippen molar-refractivity contribution < 1.29 is 9.53 Å². The number of rotatable bonds is 5. The average Bonchev–Trinajstić information content (AvgIpc) is 2.74. The maximum absolute atomic E-state index is 12.7. The molecule has 0 radical (unpaired) electrons. The summed E-state index contributed by atoms with van der Waals surface area (Å²) >= 11 is 0. The minimum atomic E-state index is -0.620. The zero-order valence-electron chi connectivity index (χ0n) is 15.6. The van der Waals surface area contributed by atoms with Crippen molar-refractivity contribution in [3.8, 4) is 16.9 Å². The lowest BCUT2D eigenvalue weighted by Crippen LogP contribution is -2.30. The second-order valence-corrected chi connectivity index (χ2v) is 6.67. The van der Waals surface area contributed by atoms with Crippen LogP contribution in [0.4, 0.5) is 5.69 Å². The summed E-state index contributed by atoms with van der Waals surface area (Å²) in [6.07, 6.45) is -0.620. The molecule has 0 saturated heterocycles. The number of hydrogen-bond acceptors (Lipinski definition) is 2. The first-order valence-electron chi connectivity index (χ1n) is 9.31. The molecule has 1 unspecified atom stereocenters. The highest BCUT2D eigenvalue weighted by Gasteiger charge is 2.17. The number of benzene rings is 4. The maximum Gasteiger partial charge on any atom is 0.265 e. The van der Waals surface area contributed by atoms with E-state index in [1.807, 2.05) is 91.0 Å². The number of carbonyl (C=O) groups is 1. The van der Waals surface area contributed by atoms with Gasteiger partial charge in [0.1, 0.15) is 5.75 Å². The highest BCUT2D eigenvalue weighted by molar-refractivity contribution is 5.98. The number of nitrogens with one attached hydrogen (secondary N) is 1. The molecular weight excluding hydrogens is 346 g/mol. The van der Waals surface area contributed by atoms with Gasteiger partial charge in [0.2, 0.25) is 0 Å². The fourth-order valence-corrected chi connectivity index (χ4v) is 3.19. The molecule has 0 heterocycles. The summed E-state index contributed by atoms with van der Waals surface area (Å²) in [4.78, 5) is 12.7. The van der Waals surface area contributed by atoms with Gasteiger partial charge in [-0.3, -0.25) is 4.79 Å². The van der Waals surface area contributed by atoms with Crippen LogP contribution < -0.4 is 10.1 Å². The monoisotopic (exact) mass is 367 g/mol. The van der Waals surface area contributed by atoms with Crippen LogP contribution in [0.25, 0.3) is 21.9 Å². The first-order chi connectivity index (χ1) is 13.7. The molecule has 1 amide bonds. The molecule has 138 valence electrons. The SMILES string of the molecule is CC(Oc1ccc2ccccc2c1)C(=O)Nc1ccccc1-c1ccccc1. The molecule has 0 spiro atoms. The summed E-state index contributed by atoms with van der Waals surface area (Å²) < 4.78 is 5.89. The van der Waals surface area contributed by atoms with Gasteiger partial charge < -0.3 is 10.1 Å². The van der Waals surface area contributed by atoms with Gasteiger partial charge in [-0.15, -0.1) is 0 Å². The Balaban J connectivity index is 1.50. The molecule has 4 aromatic carbocycles. The van der Waals surface area contributed by atoms with Crippen molar-refractivity contribution in [3.05, 3.63) is 97.1 Å². The Hall–Kier alpha value is -3.59. The van der Waals surface area contributed by atoms with Gasteiger partial charge in [-0.05, 0) is 41.5 Å². The maximum atomic E-state index is 12.7. The van der Waals surface area contributed by atoms with Crippen LogP contribution in [0, 0.1) is 0 Å². The predicted molar refractivity (Wildman–Crippen MR) is 115 cm³/mol. The molecule has 28 heavy (non-hydrogen) atoms. The first kappa shape index (κ1) is 17.8. The minimum Gasteiger partial charge on any atom is -0.481 e. The molecule has 0 aliphatic heterocycles. The lowest BCUT2D eigenvalue weighted by molar-refractivity contribution is -0.122. The Kier molecular flexibility index (Phi) is 5.07. The van der Waals surface area contributed by atoms with E-state index in [0.29, 0.717) is 5.75 Å². The van der Waals surface area contributed by atoms with Crippen LogP contribution in [0.5, 0.6) is 5.75 Å². The Morgan fingerprint density at radius 1 is 0.786 bits per heavy atom. The molecule has 0 aromatic heterocycles. The average molecular weight is 367 g/mol. The smallest absolute Gasteiger partial charge is 0.265 e. The summed E-state index contributed by atoms with van der Waals surface area (Å²) in [5.74, 6) is 0.495. The number of amides is 1. The number of carbonyl (C=O) groups excluding carboxylic acids is 1. The summed E-state index contributed by atoms with van der Waals surface area (Å²) in [5.41, 5.74) is 2.81. The molecule has 1 atom stereocenters. The predicted octanol–water partition coefficient (Wildman–Crippen LogP) is 5.91. The number of hydrogen-bond donors (Lipinski definition) is 1. The molecule has 0 aliphatic carbocycles. The Morgan fingerprint density at radius 3 is 2.29 bits per heavy atom. The second kappa shape index (κ2) is 7.97. The van der Waals surface area contributed by atoms with Crippen molar-refractivity contribution in [3.63, 3.8) is 0 Å². The molecule has 1 N–H and O–H groups in total. The summed E-state index contributed by atoms with van der Waals surface area (Å²) in [6.45, 7) is 1.76. The van der Waals surface area contributed by atoms with Gasteiger partial charge in [0, 0.05) is 11.3 Å². The van der Waals surface area contributed by atoms with Crippen LogP contribution in [0.15, 0.2) is 97.1 Å². The molecule has 4 rings (SSSR count). The van der Waals surface area contributed by atoms with E-state index in [1.54, 1.807) is 6.92 Å². The van der Waals surface area contributed by atoms with Crippen LogP contribution in [-0.4, -0.2) is 12.0 Å². The zero-order valence-corrected chi connectivity index (χ0v) is 15.6. The molecule has 3 nitrogen and oxygen atoms in total. The normalized spacial score (nSPS) is 11.8. The van der Waals surface area contributed by atoms with E-state index < -0.39 is 6.10 Å². The van der Waals surface area contributed by atoms with E-state index in [4.69, 9.17) is 4.74 Å². The Bertz CT molecular complexity index is 1110. The lowest BCUT2D eigenvalue weighted by Gasteiger charge is -2.17. The fraction of sp³-hybridized carbons (Fsp3) is 0.0800. The van der Waals surface area contributed by atoms with Crippen molar-refractivity contribution >= 4 is 22.4 Å². The number of para-hydroxylation sites is 1. The minimum absolute atomic E-state index is 0.184. The Labute approximate surface area is 164 Å². The van der Waals surface area contributed by atoms with E-state index in [0.717, 1.165) is 27.6 Å². The van der Waals surface area contributed by atoms with Crippen molar-refractivity contribution in [2.45, 2.75) is 13.0 Å². The van der Waals surface area contributed by atoms with Gasteiger partial charge in [0.15, 0.2) is 6.10 Å². The van der Waals surface area contributed by atoms with Gasteiger partial charge in [0.05, 0.1) is 0 Å². The third-order valence-electron chi connectivity index (χ3n) is 4.67. The first-order valence-corrected chi connectivity index (χ1v) is 9.31. The van der Waals surface area contributed by atoms with Crippen LogP contribution in [0.1, 0.15) is 6.92 Å². The quantitative estimate of drug-likeness (QED) is 0.476. The van der Waals surface area contributed by atoms with Crippen LogP contribution in [0.3, 0.4) is 0 Å². The number of anilines is 1. The van der Waals surface area contributed by atoms with Crippen LogP contribution in [0.2, 0.25) is 0 Å². The van der Waals surface area contributed by atoms with E-state index >= 15 is 0 Å². The molecular formula is C25H21NO2. The van der Waals surface area contributed by atoms with Gasteiger partial charge in [-0.2, -0.15) is 0 Å². The van der Waals surface area contributed by atoms with Crippen molar-refractivity contribution in [2.24, 2.45) is 0 Å². The number of ether oxygens (including phenoxy) is 1. The van der Waals surface area contributed by atoms with Crippen molar-refractivity contribution in [1.82, 2.24) is 0 Å². The molecule has 0 fully saturated rings. The van der Waals surface area contributed by atoms with E-state index in [9.17, 15) is 4.79 Å².